The van der Waals surface area contributed by atoms with Crippen LogP contribution in [0.4, 0.5) is 11.4 Å². The number of methoxy groups -OCH3 is 1. The van der Waals surface area contributed by atoms with Gasteiger partial charge >= 0.3 is 5.69 Å². The van der Waals surface area contributed by atoms with Crippen molar-refractivity contribution in [2.45, 2.75) is 6.61 Å². The van der Waals surface area contributed by atoms with Gasteiger partial charge < -0.3 is 14.4 Å². The number of rotatable bonds is 7. The van der Waals surface area contributed by atoms with Crippen LogP contribution in [0.25, 0.3) is 4.91 Å². The van der Waals surface area contributed by atoms with Crippen LogP contribution in [0.3, 0.4) is 0 Å². The zero-order valence-corrected chi connectivity index (χ0v) is 17.2. The molecule has 0 aromatic heterocycles. The summed E-state index contributed by atoms with van der Waals surface area (Å²) in [5, 5.41) is 11.8. The normalized spacial score (nSPS) is 13.1. The highest BCUT2D eigenvalue weighted by molar-refractivity contribution is 8.08. The number of nitrogens with zero attached hydrogens (tertiary/aromatic N) is 2. The Morgan fingerprint density at radius 3 is 2.43 bits per heavy atom. The van der Waals surface area contributed by atoms with Crippen LogP contribution in [-0.2, 0) is 6.61 Å². The third-order valence-electron chi connectivity index (χ3n) is 4.68. The Bertz CT molecular complexity index is 1070. The van der Waals surface area contributed by atoms with E-state index in [1.54, 1.807) is 17.8 Å². The van der Waals surface area contributed by atoms with Crippen LogP contribution in [0.1, 0.15) is 11.1 Å². The first-order valence-corrected chi connectivity index (χ1v) is 10.3. The number of benzene rings is 3. The summed E-state index contributed by atoms with van der Waals surface area (Å²) in [7, 11) is 1.49. The molecule has 152 valence electrons. The van der Waals surface area contributed by atoms with Crippen LogP contribution >= 0.6 is 11.8 Å². The molecule has 1 aliphatic rings. The molecule has 0 unspecified atom stereocenters. The first-order valence-electron chi connectivity index (χ1n) is 9.35. The zero-order valence-electron chi connectivity index (χ0n) is 16.4. The van der Waals surface area contributed by atoms with Crippen LogP contribution in [-0.4, -0.2) is 17.9 Å². The van der Waals surface area contributed by atoms with E-state index >= 15 is 0 Å². The molecule has 30 heavy (non-hydrogen) atoms. The molecule has 1 aliphatic heterocycles. The summed E-state index contributed by atoms with van der Waals surface area (Å²) in [6.45, 7) is 0.217. The molecule has 0 saturated heterocycles. The minimum absolute atomic E-state index is 0.119. The molecule has 0 atom stereocenters. The first-order chi connectivity index (χ1) is 14.7. The molecule has 0 bridgehead atoms. The molecule has 0 fully saturated rings. The lowest BCUT2D eigenvalue weighted by Gasteiger charge is -2.18. The average Bonchev–Trinajstić information content (AvgIpc) is 3.29. The fourth-order valence-electron chi connectivity index (χ4n) is 3.17. The van der Waals surface area contributed by atoms with Crippen molar-refractivity contribution < 1.29 is 14.4 Å². The van der Waals surface area contributed by atoms with E-state index < -0.39 is 4.92 Å². The molecule has 0 aliphatic carbocycles. The fourth-order valence-corrected chi connectivity index (χ4v) is 4.17. The largest absolute Gasteiger partial charge is 0.493 e. The molecule has 7 heteroatoms. The zero-order chi connectivity index (χ0) is 20.9. The van der Waals surface area contributed by atoms with Gasteiger partial charge in [0.15, 0.2) is 5.75 Å². The first kappa shape index (κ1) is 19.8. The lowest BCUT2D eigenvalue weighted by atomic mass is 10.2. The molecular formula is C23H20N2O4S. The molecule has 0 amide bonds. The topological polar surface area (TPSA) is 64.8 Å². The summed E-state index contributed by atoms with van der Waals surface area (Å²) in [5.41, 5.74) is 2.61. The van der Waals surface area contributed by atoms with Gasteiger partial charge in [0.25, 0.3) is 0 Å². The van der Waals surface area contributed by atoms with E-state index in [0.717, 1.165) is 16.0 Å². The van der Waals surface area contributed by atoms with Crippen molar-refractivity contribution in [3.8, 4) is 11.5 Å². The van der Waals surface area contributed by atoms with Gasteiger partial charge in [0.05, 0.1) is 23.6 Å². The van der Waals surface area contributed by atoms with Crippen molar-refractivity contribution in [2.75, 3.05) is 17.9 Å². The predicted octanol–water partition coefficient (Wildman–Crippen LogP) is 5.69. The summed E-state index contributed by atoms with van der Waals surface area (Å²) in [5.74, 6) is 1.13. The van der Waals surface area contributed by atoms with Gasteiger partial charge in [-0.1, -0.05) is 60.7 Å². The molecule has 4 rings (SSSR count). The predicted molar refractivity (Wildman–Crippen MR) is 120 cm³/mol. The van der Waals surface area contributed by atoms with Crippen LogP contribution in [0.2, 0.25) is 0 Å². The number of thioether (sulfide) groups is 1. The van der Waals surface area contributed by atoms with Gasteiger partial charge in [-0.15, -0.1) is 11.8 Å². The molecule has 0 spiro atoms. The maximum absolute atomic E-state index is 11.8. The number of nitro groups is 1. The lowest BCUT2D eigenvalue weighted by Crippen LogP contribution is -2.12. The summed E-state index contributed by atoms with van der Waals surface area (Å²) in [4.78, 5) is 14.4. The number of hydrogen-bond acceptors (Lipinski definition) is 6. The third kappa shape index (κ3) is 4.26. The van der Waals surface area contributed by atoms with Gasteiger partial charge in [0, 0.05) is 23.2 Å². The average molecular weight is 420 g/mol. The SMILES string of the molecule is COc1cc(N2C=C(c3ccccc3)SC2)cc([N+](=O)[O-])c1OCc1ccccc1. The number of anilines is 1. The van der Waals surface area contributed by atoms with Gasteiger partial charge in [0.1, 0.15) is 6.61 Å². The number of ether oxygens (including phenoxy) is 2. The molecule has 0 N–H and O–H groups in total. The van der Waals surface area contributed by atoms with Crippen molar-refractivity contribution in [1.29, 1.82) is 0 Å². The van der Waals surface area contributed by atoms with Crippen molar-refractivity contribution >= 4 is 28.0 Å². The Balaban J connectivity index is 1.65. The van der Waals surface area contributed by atoms with Crippen LogP contribution in [0.5, 0.6) is 11.5 Å². The van der Waals surface area contributed by atoms with Crippen molar-refractivity contribution in [1.82, 2.24) is 0 Å². The summed E-state index contributed by atoms with van der Waals surface area (Å²) in [6, 6.07) is 22.9. The summed E-state index contributed by atoms with van der Waals surface area (Å²) >= 11 is 1.68. The van der Waals surface area contributed by atoms with Gasteiger partial charge in [-0.05, 0) is 11.1 Å². The van der Waals surface area contributed by atoms with E-state index in [0.29, 0.717) is 17.3 Å². The molecule has 3 aromatic rings. The molecule has 6 nitrogen and oxygen atoms in total. The van der Waals surface area contributed by atoms with Gasteiger partial charge in [-0.25, -0.2) is 0 Å². The van der Waals surface area contributed by atoms with Crippen molar-refractivity contribution in [3.05, 3.63) is 100 Å². The molecule has 0 radical (unpaired) electrons. The van der Waals surface area contributed by atoms with E-state index in [4.69, 9.17) is 9.47 Å². The van der Waals surface area contributed by atoms with E-state index in [2.05, 4.69) is 0 Å². The van der Waals surface area contributed by atoms with Gasteiger partial charge in [0.2, 0.25) is 5.75 Å². The number of hydrogen-bond donors (Lipinski definition) is 0. The Hall–Kier alpha value is -3.45. The Morgan fingerprint density at radius 2 is 1.77 bits per heavy atom. The van der Waals surface area contributed by atoms with Gasteiger partial charge in [-0.2, -0.15) is 0 Å². The monoisotopic (exact) mass is 420 g/mol. The molecule has 1 heterocycles. The highest BCUT2D eigenvalue weighted by Crippen LogP contribution is 2.44. The minimum Gasteiger partial charge on any atom is -0.493 e. The van der Waals surface area contributed by atoms with Gasteiger partial charge in [-0.3, -0.25) is 10.1 Å². The smallest absolute Gasteiger partial charge is 0.316 e. The molecule has 3 aromatic carbocycles. The maximum atomic E-state index is 11.8. The molecular weight excluding hydrogens is 400 g/mol. The summed E-state index contributed by atoms with van der Waals surface area (Å²) < 4.78 is 11.3. The van der Waals surface area contributed by atoms with E-state index in [1.165, 1.54) is 13.2 Å². The standard InChI is InChI=1S/C23H20N2O4S/c1-28-21-13-19(24-14-22(30-16-24)18-10-6-3-7-11-18)12-20(25(26)27)23(21)29-15-17-8-4-2-5-9-17/h2-14H,15-16H2,1H3. The highest BCUT2D eigenvalue weighted by Gasteiger charge is 2.26. The maximum Gasteiger partial charge on any atom is 0.316 e. The minimum atomic E-state index is -0.433. The third-order valence-corrected chi connectivity index (χ3v) is 5.74. The quantitative estimate of drug-likeness (QED) is 0.361. The highest BCUT2D eigenvalue weighted by atomic mass is 32.2. The Labute approximate surface area is 178 Å². The van der Waals surface area contributed by atoms with Crippen LogP contribution in [0, 0.1) is 10.1 Å². The van der Waals surface area contributed by atoms with Crippen molar-refractivity contribution in [3.63, 3.8) is 0 Å². The fraction of sp³-hybridized carbons (Fsp3) is 0.130. The second-order valence-electron chi connectivity index (χ2n) is 6.63. The van der Waals surface area contributed by atoms with Crippen LogP contribution in [0.15, 0.2) is 79.0 Å². The van der Waals surface area contributed by atoms with E-state index in [1.807, 2.05) is 71.8 Å². The van der Waals surface area contributed by atoms with Crippen LogP contribution < -0.4 is 14.4 Å². The van der Waals surface area contributed by atoms with Crippen molar-refractivity contribution in [2.24, 2.45) is 0 Å². The second kappa shape index (κ2) is 8.92. The Morgan fingerprint density at radius 1 is 1.07 bits per heavy atom. The molecule has 0 saturated carbocycles. The summed E-state index contributed by atoms with van der Waals surface area (Å²) in [6.07, 6.45) is 2.00. The Kier molecular flexibility index (Phi) is 5.90. The lowest BCUT2D eigenvalue weighted by molar-refractivity contribution is -0.386. The second-order valence-corrected chi connectivity index (χ2v) is 7.62. The van der Waals surface area contributed by atoms with E-state index in [9.17, 15) is 10.1 Å². The van der Waals surface area contributed by atoms with E-state index in [-0.39, 0.29) is 18.0 Å². The number of nitro benzene ring substituents is 1.